The van der Waals surface area contributed by atoms with E-state index in [4.69, 9.17) is 0 Å². The molecule has 3 amide bonds. The van der Waals surface area contributed by atoms with E-state index in [2.05, 4.69) is 20.7 Å². The molecule has 2 N–H and O–H groups in total. The summed E-state index contributed by atoms with van der Waals surface area (Å²) < 4.78 is 1.84. The first-order chi connectivity index (χ1) is 13.4. The van der Waals surface area contributed by atoms with Gasteiger partial charge in [-0.1, -0.05) is 0 Å². The molecule has 1 aromatic carbocycles. The Bertz CT molecular complexity index is 1070. The lowest BCUT2D eigenvalue weighted by Crippen LogP contribution is -2.28. The second-order valence-corrected chi connectivity index (χ2v) is 7.16. The smallest absolute Gasteiger partial charge is 0.322 e. The monoisotopic (exact) mass is 378 g/mol. The van der Waals surface area contributed by atoms with E-state index in [0.717, 1.165) is 22.3 Å². The summed E-state index contributed by atoms with van der Waals surface area (Å²) in [4.78, 5) is 30.6. The van der Waals surface area contributed by atoms with Gasteiger partial charge in [-0.3, -0.25) is 9.69 Å². The normalized spacial score (nSPS) is 14.0. The number of nitrogens with zero attached hydrogens (tertiary/aromatic N) is 4. The number of carbonyl (C=O) groups excluding carboxylic acids is 2. The Balaban J connectivity index is 1.54. The summed E-state index contributed by atoms with van der Waals surface area (Å²) >= 11 is 0. The number of aryl methyl sites for hydroxylation is 1. The molecule has 8 heteroatoms. The SMILES string of the molecule is Cc1cc(C(=O)Nc2cnc3c(cnn3C(C)C)c2)ccc1N1CCNC1=O. The molecule has 1 saturated heterocycles. The molecule has 0 atom stereocenters. The first-order valence-electron chi connectivity index (χ1n) is 9.24. The highest BCUT2D eigenvalue weighted by atomic mass is 16.2. The fourth-order valence-corrected chi connectivity index (χ4v) is 3.39. The van der Waals surface area contributed by atoms with Crippen LogP contribution in [-0.2, 0) is 0 Å². The molecule has 0 aliphatic carbocycles. The Morgan fingerprint density at radius 1 is 1.25 bits per heavy atom. The average Bonchev–Trinajstić information content (AvgIpc) is 3.27. The predicted octanol–water partition coefficient (Wildman–Crippen LogP) is 3.10. The zero-order valence-electron chi connectivity index (χ0n) is 16.1. The van der Waals surface area contributed by atoms with Crippen molar-refractivity contribution in [1.82, 2.24) is 20.1 Å². The topological polar surface area (TPSA) is 92.2 Å². The third kappa shape index (κ3) is 3.17. The van der Waals surface area contributed by atoms with Gasteiger partial charge in [-0.15, -0.1) is 0 Å². The van der Waals surface area contributed by atoms with E-state index >= 15 is 0 Å². The van der Waals surface area contributed by atoms with E-state index in [1.165, 1.54) is 0 Å². The highest BCUT2D eigenvalue weighted by Gasteiger charge is 2.23. The first-order valence-corrected chi connectivity index (χ1v) is 9.24. The number of aromatic nitrogens is 3. The molecule has 0 unspecified atom stereocenters. The largest absolute Gasteiger partial charge is 0.336 e. The molecule has 4 rings (SSSR count). The quantitative estimate of drug-likeness (QED) is 0.730. The number of benzene rings is 1. The lowest BCUT2D eigenvalue weighted by atomic mass is 10.1. The van der Waals surface area contributed by atoms with Crippen LogP contribution in [0, 0.1) is 6.92 Å². The lowest BCUT2D eigenvalue weighted by molar-refractivity contribution is 0.102. The van der Waals surface area contributed by atoms with Crippen LogP contribution in [0.2, 0.25) is 0 Å². The van der Waals surface area contributed by atoms with Crippen LogP contribution in [0.25, 0.3) is 11.0 Å². The third-order valence-corrected chi connectivity index (χ3v) is 4.79. The number of nitrogens with one attached hydrogen (secondary N) is 2. The van der Waals surface area contributed by atoms with Crippen molar-refractivity contribution >= 4 is 34.3 Å². The molecule has 1 fully saturated rings. The minimum atomic E-state index is -0.224. The van der Waals surface area contributed by atoms with Gasteiger partial charge >= 0.3 is 6.03 Å². The van der Waals surface area contributed by atoms with Crippen molar-refractivity contribution in [3.8, 4) is 0 Å². The van der Waals surface area contributed by atoms with Gasteiger partial charge in [-0.25, -0.2) is 14.5 Å². The van der Waals surface area contributed by atoms with Crippen molar-refractivity contribution in [2.45, 2.75) is 26.8 Å². The molecule has 2 aromatic heterocycles. The molecule has 3 heterocycles. The van der Waals surface area contributed by atoms with Crippen molar-refractivity contribution in [3.63, 3.8) is 0 Å². The van der Waals surface area contributed by atoms with Gasteiger partial charge < -0.3 is 10.6 Å². The number of pyridine rings is 1. The summed E-state index contributed by atoms with van der Waals surface area (Å²) in [6, 6.07) is 7.29. The molecular formula is C20H22N6O2. The van der Waals surface area contributed by atoms with E-state index in [1.807, 2.05) is 37.6 Å². The molecule has 28 heavy (non-hydrogen) atoms. The zero-order valence-corrected chi connectivity index (χ0v) is 16.1. The molecular weight excluding hydrogens is 356 g/mol. The molecule has 3 aromatic rings. The Morgan fingerprint density at radius 3 is 2.75 bits per heavy atom. The van der Waals surface area contributed by atoms with Gasteiger partial charge in [0.2, 0.25) is 0 Å². The summed E-state index contributed by atoms with van der Waals surface area (Å²) in [6.45, 7) is 7.24. The van der Waals surface area contributed by atoms with Gasteiger partial charge in [-0.2, -0.15) is 5.10 Å². The highest BCUT2D eigenvalue weighted by Crippen LogP contribution is 2.24. The summed E-state index contributed by atoms with van der Waals surface area (Å²) in [5, 5.41) is 10.9. The molecule has 1 aliphatic rings. The second-order valence-electron chi connectivity index (χ2n) is 7.16. The van der Waals surface area contributed by atoms with E-state index in [1.54, 1.807) is 29.4 Å². The van der Waals surface area contributed by atoms with Crippen LogP contribution in [0.5, 0.6) is 0 Å². The molecule has 8 nitrogen and oxygen atoms in total. The standard InChI is InChI=1S/C20H22N6O2/c1-12(2)26-18-15(10-23-26)9-16(11-22-18)24-19(27)14-4-5-17(13(3)8-14)25-7-6-21-20(25)28/h4-5,8-12H,6-7H2,1-3H3,(H,21,28)(H,24,27). The van der Waals surface area contributed by atoms with Crippen molar-refractivity contribution in [2.75, 3.05) is 23.3 Å². The number of anilines is 2. The average molecular weight is 378 g/mol. The highest BCUT2D eigenvalue weighted by molar-refractivity contribution is 6.05. The van der Waals surface area contributed by atoms with Gasteiger partial charge in [0.15, 0.2) is 5.65 Å². The minimum Gasteiger partial charge on any atom is -0.336 e. The van der Waals surface area contributed by atoms with E-state index < -0.39 is 0 Å². The van der Waals surface area contributed by atoms with Crippen LogP contribution in [0.1, 0.15) is 35.8 Å². The Hall–Kier alpha value is -3.42. The number of urea groups is 1. The maximum absolute atomic E-state index is 12.7. The van der Waals surface area contributed by atoms with Crippen molar-refractivity contribution < 1.29 is 9.59 Å². The van der Waals surface area contributed by atoms with Gasteiger partial charge in [0, 0.05) is 35.8 Å². The first kappa shape index (κ1) is 18.0. The van der Waals surface area contributed by atoms with Gasteiger partial charge in [0.1, 0.15) is 0 Å². The summed E-state index contributed by atoms with van der Waals surface area (Å²) in [7, 11) is 0. The molecule has 0 bridgehead atoms. The summed E-state index contributed by atoms with van der Waals surface area (Å²) in [5.41, 5.74) is 3.62. The van der Waals surface area contributed by atoms with Crippen LogP contribution in [0.15, 0.2) is 36.7 Å². The minimum absolute atomic E-state index is 0.110. The van der Waals surface area contributed by atoms with E-state index in [0.29, 0.717) is 24.3 Å². The molecule has 0 saturated carbocycles. The van der Waals surface area contributed by atoms with Crippen molar-refractivity contribution in [2.24, 2.45) is 0 Å². The Morgan fingerprint density at radius 2 is 2.07 bits per heavy atom. The summed E-state index contributed by atoms with van der Waals surface area (Å²) in [6.07, 6.45) is 3.38. The fraction of sp³-hybridized carbons (Fsp3) is 0.300. The summed E-state index contributed by atoms with van der Waals surface area (Å²) in [5.74, 6) is -0.224. The fourth-order valence-electron chi connectivity index (χ4n) is 3.39. The number of rotatable bonds is 4. The van der Waals surface area contributed by atoms with Crippen LogP contribution in [0.3, 0.4) is 0 Å². The number of carbonyl (C=O) groups is 2. The van der Waals surface area contributed by atoms with Crippen LogP contribution < -0.4 is 15.5 Å². The van der Waals surface area contributed by atoms with Crippen LogP contribution >= 0.6 is 0 Å². The maximum Gasteiger partial charge on any atom is 0.322 e. The molecule has 0 radical (unpaired) electrons. The van der Waals surface area contributed by atoms with Crippen molar-refractivity contribution in [1.29, 1.82) is 0 Å². The van der Waals surface area contributed by atoms with Crippen molar-refractivity contribution in [3.05, 3.63) is 47.8 Å². The third-order valence-electron chi connectivity index (χ3n) is 4.79. The predicted molar refractivity (Wildman–Crippen MR) is 108 cm³/mol. The molecule has 144 valence electrons. The Kier molecular flexibility index (Phi) is 4.46. The van der Waals surface area contributed by atoms with Gasteiger partial charge in [-0.05, 0) is 50.6 Å². The number of hydrogen-bond acceptors (Lipinski definition) is 4. The number of amides is 3. The Labute approximate surface area is 162 Å². The van der Waals surface area contributed by atoms with Gasteiger partial charge in [0.05, 0.1) is 18.1 Å². The number of fused-ring (bicyclic) bond motifs is 1. The maximum atomic E-state index is 12.7. The molecule has 0 spiro atoms. The zero-order chi connectivity index (χ0) is 19.8. The lowest BCUT2D eigenvalue weighted by Gasteiger charge is -2.17. The van der Waals surface area contributed by atoms with E-state index in [9.17, 15) is 9.59 Å². The second kappa shape index (κ2) is 6.95. The number of hydrogen-bond donors (Lipinski definition) is 2. The molecule has 1 aliphatic heterocycles. The van der Waals surface area contributed by atoms with E-state index in [-0.39, 0.29) is 18.0 Å². The van der Waals surface area contributed by atoms with Crippen LogP contribution in [-0.4, -0.2) is 39.8 Å². The van der Waals surface area contributed by atoms with Crippen LogP contribution in [0.4, 0.5) is 16.2 Å². The van der Waals surface area contributed by atoms with Gasteiger partial charge in [0.25, 0.3) is 5.91 Å².